The van der Waals surface area contributed by atoms with Crippen LogP contribution in [-0.4, -0.2) is 27.5 Å². The van der Waals surface area contributed by atoms with Gasteiger partial charge in [-0.3, -0.25) is 0 Å². The van der Waals surface area contributed by atoms with Crippen LogP contribution in [0.25, 0.3) is 0 Å². The zero-order valence-corrected chi connectivity index (χ0v) is 15.6. The molecule has 138 valence electrons. The number of carbonyl (C=O) groups excluding carboxylic acids is 1. The van der Waals surface area contributed by atoms with Crippen LogP contribution in [0.4, 0.5) is 10.5 Å². The average Bonchev–Trinajstić information content (AvgIpc) is 3.00. The first-order valence-electron chi connectivity index (χ1n) is 7.71. The third-order valence-electron chi connectivity index (χ3n) is 3.83. The summed E-state index contributed by atoms with van der Waals surface area (Å²) in [5.74, 6) is 1.27. The third-order valence-corrected chi connectivity index (χ3v) is 5.44. The number of fused-ring (bicyclic) bond motifs is 1. The number of benzene rings is 2. The van der Waals surface area contributed by atoms with Crippen molar-refractivity contribution in [3.63, 3.8) is 0 Å². The van der Waals surface area contributed by atoms with Gasteiger partial charge < -0.3 is 20.1 Å². The Morgan fingerprint density at radius 3 is 2.65 bits per heavy atom. The van der Waals surface area contributed by atoms with Gasteiger partial charge in [-0.2, -0.15) is 0 Å². The van der Waals surface area contributed by atoms with Crippen molar-refractivity contribution in [2.24, 2.45) is 0 Å². The maximum atomic E-state index is 12.3. The number of nitrogens with one attached hydrogen (secondary N) is 2. The summed E-state index contributed by atoms with van der Waals surface area (Å²) >= 11 is 5.98. The molecule has 2 N–H and O–H groups in total. The van der Waals surface area contributed by atoms with E-state index < -0.39 is 15.9 Å². The van der Waals surface area contributed by atoms with Gasteiger partial charge >= 0.3 is 6.03 Å². The van der Waals surface area contributed by atoms with Crippen LogP contribution in [0.15, 0.2) is 41.3 Å². The number of hydrogen-bond donors (Lipinski definition) is 2. The molecule has 0 unspecified atom stereocenters. The van der Waals surface area contributed by atoms with E-state index in [4.69, 9.17) is 21.1 Å². The normalized spacial score (nSPS) is 14.0. The highest BCUT2D eigenvalue weighted by atomic mass is 35.5. The Labute approximate surface area is 156 Å². The molecule has 26 heavy (non-hydrogen) atoms. The molecule has 0 radical (unpaired) electrons. The van der Waals surface area contributed by atoms with Crippen LogP contribution < -0.4 is 20.1 Å². The molecule has 0 bridgehead atoms. The molecule has 7 nitrogen and oxygen atoms in total. The molecule has 1 aliphatic rings. The van der Waals surface area contributed by atoms with E-state index in [1.807, 2.05) is 6.07 Å². The van der Waals surface area contributed by atoms with Crippen LogP contribution >= 0.6 is 11.6 Å². The first-order chi connectivity index (χ1) is 12.3. The minimum atomic E-state index is -3.60. The zero-order chi connectivity index (χ0) is 18.9. The summed E-state index contributed by atoms with van der Waals surface area (Å²) in [6, 6.07) is 8.98. The lowest BCUT2D eigenvalue weighted by atomic mass is 10.1. The van der Waals surface area contributed by atoms with Crippen LogP contribution in [0.5, 0.6) is 11.5 Å². The second-order valence-electron chi connectivity index (χ2n) is 5.82. The number of sulfone groups is 1. The maximum absolute atomic E-state index is 12.3. The van der Waals surface area contributed by atoms with E-state index in [9.17, 15) is 13.2 Å². The molecule has 0 aromatic heterocycles. The highest BCUT2D eigenvalue weighted by Gasteiger charge is 2.20. The zero-order valence-electron chi connectivity index (χ0n) is 14.1. The van der Waals surface area contributed by atoms with Crippen molar-refractivity contribution < 1.29 is 22.7 Å². The number of anilines is 1. The van der Waals surface area contributed by atoms with Gasteiger partial charge in [0.25, 0.3) is 0 Å². The molecule has 2 amide bonds. The van der Waals surface area contributed by atoms with Crippen molar-refractivity contribution >= 4 is 33.2 Å². The Balaban J connectivity index is 1.75. The molecule has 1 heterocycles. The van der Waals surface area contributed by atoms with Crippen LogP contribution in [0.1, 0.15) is 18.5 Å². The molecular weight excluding hydrogens is 380 g/mol. The van der Waals surface area contributed by atoms with Gasteiger partial charge in [-0.1, -0.05) is 23.7 Å². The van der Waals surface area contributed by atoms with E-state index in [0.717, 1.165) is 11.8 Å². The summed E-state index contributed by atoms with van der Waals surface area (Å²) in [7, 11) is -3.60. The predicted molar refractivity (Wildman–Crippen MR) is 97.7 cm³/mol. The number of urea groups is 1. The lowest BCUT2D eigenvalue weighted by molar-refractivity contribution is 0.174. The summed E-state index contributed by atoms with van der Waals surface area (Å²) in [4.78, 5) is 12.2. The minimum absolute atomic E-state index is 0.0501. The number of ether oxygens (including phenoxy) is 2. The van der Waals surface area contributed by atoms with Crippen molar-refractivity contribution in [1.82, 2.24) is 5.32 Å². The number of halogens is 1. The molecule has 0 saturated heterocycles. The van der Waals surface area contributed by atoms with Crippen LogP contribution in [0.2, 0.25) is 5.02 Å². The smallest absolute Gasteiger partial charge is 0.319 e. The van der Waals surface area contributed by atoms with Gasteiger partial charge in [-0.15, -0.1) is 0 Å². The van der Waals surface area contributed by atoms with Gasteiger partial charge in [0.1, 0.15) is 4.90 Å². The number of rotatable bonds is 4. The van der Waals surface area contributed by atoms with Crippen LogP contribution in [-0.2, 0) is 9.84 Å². The Morgan fingerprint density at radius 1 is 1.19 bits per heavy atom. The molecule has 3 rings (SSSR count). The van der Waals surface area contributed by atoms with E-state index in [0.29, 0.717) is 11.5 Å². The number of amides is 2. The molecule has 0 aliphatic carbocycles. The fourth-order valence-corrected chi connectivity index (χ4v) is 4.14. The van der Waals surface area contributed by atoms with E-state index in [-0.39, 0.29) is 28.4 Å². The molecule has 1 aliphatic heterocycles. The van der Waals surface area contributed by atoms with Crippen LogP contribution in [0.3, 0.4) is 0 Å². The number of hydrogen-bond acceptors (Lipinski definition) is 5. The lowest BCUT2D eigenvalue weighted by Crippen LogP contribution is -2.31. The van der Waals surface area contributed by atoms with Crippen molar-refractivity contribution in [2.45, 2.75) is 17.9 Å². The Morgan fingerprint density at radius 2 is 1.92 bits per heavy atom. The quantitative estimate of drug-likeness (QED) is 0.826. The van der Waals surface area contributed by atoms with E-state index in [2.05, 4.69) is 10.6 Å². The van der Waals surface area contributed by atoms with Gasteiger partial charge in [0.05, 0.1) is 16.8 Å². The standard InChI is InChI=1S/C17H17ClN2O5S/c1-10(11-6-7-14-15(8-11)25-9-24-14)19-17(21)20-13-5-3-4-12(18)16(13)26(2,22)23/h3-8,10H,9H2,1-2H3,(H2,19,20,21)/t10-/m0/s1. The minimum Gasteiger partial charge on any atom is -0.454 e. The van der Waals surface area contributed by atoms with Crippen LogP contribution in [0, 0.1) is 0 Å². The molecule has 1 atom stereocenters. The fourth-order valence-electron chi connectivity index (χ4n) is 2.60. The topological polar surface area (TPSA) is 93.7 Å². The van der Waals surface area contributed by atoms with Crippen molar-refractivity contribution in [3.05, 3.63) is 47.0 Å². The van der Waals surface area contributed by atoms with Gasteiger partial charge in [0.15, 0.2) is 21.3 Å². The predicted octanol–water partition coefficient (Wildman–Crippen LogP) is 3.35. The highest BCUT2D eigenvalue weighted by Crippen LogP contribution is 2.34. The average molecular weight is 397 g/mol. The van der Waals surface area contributed by atoms with Gasteiger partial charge in [0, 0.05) is 6.26 Å². The largest absolute Gasteiger partial charge is 0.454 e. The maximum Gasteiger partial charge on any atom is 0.319 e. The van der Waals surface area contributed by atoms with E-state index in [1.54, 1.807) is 25.1 Å². The summed E-state index contributed by atoms with van der Waals surface area (Å²) in [5, 5.41) is 5.34. The Kier molecular flexibility index (Phi) is 4.97. The lowest BCUT2D eigenvalue weighted by Gasteiger charge is -2.17. The van der Waals surface area contributed by atoms with E-state index in [1.165, 1.54) is 12.1 Å². The summed E-state index contributed by atoms with van der Waals surface area (Å²) < 4.78 is 34.4. The van der Waals surface area contributed by atoms with Crippen molar-refractivity contribution in [2.75, 3.05) is 18.4 Å². The molecular formula is C17H17ClN2O5S. The van der Waals surface area contributed by atoms with Gasteiger partial charge in [0.2, 0.25) is 6.79 Å². The molecule has 0 saturated carbocycles. The van der Waals surface area contributed by atoms with Crippen molar-refractivity contribution in [1.29, 1.82) is 0 Å². The second kappa shape index (κ2) is 7.05. The molecule has 0 spiro atoms. The monoisotopic (exact) mass is 396 g/mol. The first-order valence-corrected chi connectivity index (χ1v) is 9.98. The third kappa shape index (κ3) is 3.86. The fraction of sp³-hybridized carbons (Fsp3) is 0.235. The first kappa shape index (κ1) is 18.3. The highest BCUT2D eigenvalue weighted by molar-refractivity contribution is 7.91. The molecule has 2 aromatic rings. The summed E-state index contributed by atoms with van der Waals surface area (Å²) in [5.41, 5.74) is 0.939. The van der Waals surface area contributed by atoms with E-state index >= 15 is 0 Å². The van der Waals surface area contributed by atoms with Gasteiger partial charge in [-0.05, 0) is 36.8 Å². The number of carbonyl (C=O) groups is 1. The molecule has 0 fully saturated rings. The Hall–Kier alpha value is -2.45. The molecule has 2 aromatic carbocycles. The van der Waals surface area contributed by atoms with Gasteiger partial charge in [-0.25, -0.2) is 13.2 Å². The van der Waals surface area contributed by atoms with Crippen molar-refractivity contribution in [3.8, 4) is 11.5 Å². The second-order valence-corrected chi connectivity index (χ2v) is 8.18. The SMILES string of the molecule is C[C@H](NC(=O)Nc1cccc(Cl)c1S(C)(=O)=O)c1ccc2c(c1)OCO2. The summed E-state index contributed by atoms with van der Waals surface area (Å²) in [6.07, 6.45) is 1.03. The summed E-state index contributed by atoms with van der Waals surface area (Å²) in [6.45, 7) is 1.97. The Bertz CT molecular complexity index is 962. The molecule has 9 heteroatoms.